The molecule has 2 N–H and O–H groups in total. The Balaban J connectivity index is 2.96. The average Bonchev–Trinajstić information content (AvgIpc) is 2.16. The molecule has 0 radical (unpaired) electrons. The second kappa shape index (κ2) is 5.50. The Morgan fingerprint density at radius 2 is 2.21 bits per heavy atom. The number of hydrogen-bond acceptors (Lipinski definition) is 1. The van der Waals surface area contributed by atoms with Crippen LogP contribution in [0.25, 0.3) is 0 Å². The van der Waals surface area contributed by atoms with Gasteiger partial charge in [-0.25, -0.2) is 4.79 Å². The Hall–Kier alpha value is -1.22. The molecule has 0 aliphatic heterocycles. The fraction of sp³-hybridized carbons (Fsp3) is 0.100. The molecule has 1 aromatic rings. The standard InChI is InChI=1S/C10H8INO2/c11-7-3-5-8-4-1-2-6-9(8)12-10(13)14/h1-2,4,6,12H,7H2,(H,13,14). The molecular weight excluding hydrogens is 293 g/mol. The van der Waals surface area contributed by atoms with Crippen LogP contribution in [0.15, 0.2) is 24.3 Å². The number of nitrogens with one attached hydrogen (secondary N) is 1. The number of carboxylic acid groups (broad SMARTS) is 1. The summed E-state index contributed by atoms with van der Waals surface area (Å²) in [5.41, 5.74) is 1.23. The number of rotatable bonds is 1. The highest BCUT2D eigenvalue weighted by Crippen LogP contribution is 2.13. The Bertz CT molecular complexity index is 393. The fourth-order valence-corrected chi connectivity index (χ4v) is 1.14. The van der Waals surface area contributed by atoms with Gasteiger partial charge in [0.1, 0.15) is 0 Å². The van der Waals surface area contributed by atoms with E-state index >= 15 is 0 Å². The number of alkyl halides is 1. The van der Waals surface area contributed by atoms with Gasteiger partial charge in [0.15, 0.2) is 0 Å². The smallest absolute Gasteiger partial charge is 0.409 e. The summed E-state index contributed by atoms with van der Waals surface area (Å²) < 4.78 is 0.721. The number of benzene rings is 1. The van der Waals surface area contributed by atoms with Crippen LogP contribution in [-0.2, 0) is 0 Å². The largest absolute Gasteiger partial charge is 0.465 e. The topological polar surface area (TPSA) is 49.3 Å². The third kappa shape index (κ3) is 3.26. The number of hydrogen-bond donors (Lipinski definition) is 2. The van der Waals surface area contributed by atoms with Crippen LogP contribution >= 0.6 is 22.6 Å². The van der Waals surface area contributed by atoms with E-state index in [2.05, 4.69) is 39.7 Å². The van der Waals surface area contributed by atoms with E-state index in [0.717, 1.165) is 4.43 Å². The molecule has 0 aromatic heterocycles. The summed E-state index contributed by atoms with van der Waals surface area (Å²) in [6, 6.07) is 7.06. The van der Waals surface area contributed by atoms with Crippen LogP contribution in [0.3, 0.4) is 0 Å². The van der Waals surface area contributed by atoms with Crippen molar-refractivity contribution in [3.63, 3.8) is 0 Å². The van der Waals surface area contributed by atoms with E-state index in [1.54, 1.807) is 18.2 Å². The van der Waals surface area contributed by atoms with Crippen molar-refractivity contribution in [1.29, 1.82) is 0 Å². The quantitative estimate of drug-likeness (QED) is 0.476. The normalized spacial score (nSPS) is 8.64. The van der Waals surface area contributed by atoms with E-state index in [9.17, 15) is 4.79 Å². The zero-order valence-electron chi connectivity index (χ0n) is 7.25. The molecule has 1 aromatic carbocycles. The third-order valence-corrected chi connectivity index (χ3v) is 1.84. The highest BCUT2D eigenvalue weighted by atomic mass is 127. The Morgan fingerprint density at radius 1 is 1.50 bits per heavy atom. The first kappa shape index (κ1) is 10.9. The van der Waals surface area contributed by atoms with Crippen LogP contribution in [-0.4, -0.2) is 15.6 Å². The molecule has 0 saturated carbocycles. The number of carbonyl (C=O) groups is 1. The Kier molecular flexibility index (Phi) is 4.26. The predicted octanol–water partition coefficient (Wildman–Crippen LogP) is 2.56. The monoisotopic (exact) mass is 301 g/mol. The van der Waals surface area contributed by atoms with Crippen molar-refractivity contribution >= 4 is 34.4 Å². The van der Waals surface area contributed by atoms with Gasteiger partial charge >= 0.3 is 6.09 Å². The summed E-state index contributed by atoms with van der Waals surface area (Å²) in [5.74, 6) is 5.77. The van der Waals surface area contributed by atoms with Crippen molar-refractivity contribution in [2.75, 3.05) is 9.74 Å². The van der Waals surface area contributed by atoms with Crippen LogP contribution in [0.1, 0.15) is 5.56 Å². The molecule has 4 heteroatoms. The summed E-state index contributed by atoms with van der Waals surface area (Å²) in [4.78, 5) is 10.4. The number of anilines is 1. The molecule has 0 saturated heterocycles. The minimum absolute atomic E-state index is 0.525. The maximum atomic E-state index is 10.4. The van der Waals surface area contributed by atoms with E-state index < -0.39 is 6.09 Å². The van der Waals surface area contributed by atoms with E-state index in [-0.39, 0.29) is 0 Å². The molecule has 1 amide bonds. The van der Waals surface area contributed by atoms with Gasteiger partial charge in [-0.05, 0) is 12.1 Å². The third-order valence-electron chi connectivity index (χ3n) is 1.46. The van der Waals surface area contributed by atoms with Crippen molar-refractivity contribution in [2.24, 2.45) is 0 Å². The molecule has 72 valence electrons. The molecule has 1 rings (SSSR count). The first-order chi connectivity index (χ1) is 6.74. The summed E-state index contributed by atoms with van der Waals surface area (Å²) >= 11 is 2.14. The van der Waals surface area contributed by atoms with Gasteiger partial charge < -0.3 is 5.11 Å². The van der Waals surface area contributed by atoms with Gasteiger partial charge in [-0.1, -0.05) is 46.6 Å². The first-order valence-electron chi connectivity index (χ1n) is 3.88. The lowest BCUT2D eigenvalue weighted by Gasteiger charge is -2.02. The van der Waals surface area contributed by atoms with E-state index in [1.165, 1.54) is 0 Å². The van der Waals surface area contributed by atoms with Crippen LogP contribution in [0.5, 0.6) is 0 Å². The molecule has 0 aliphatic carbocycles. The second-order valence-corrected chi connectivity index (χ2v) is 3.17. The van der Waals surface area contributed by atoms with Gasteiger partial charge in [0.25, 0.3) is 0 Å². The van der Waals surface area contributed by atoms with E-state index in [0.29, 0.717) is 11.3 Å². The summed E-state index contributed by atoms with van der Waals surface area (Å²) in [7, 11) is 0. The van der Waals surface area contributed by atoms with Gasteiger partial charge in [-0.3, -0.25) is 5.32 Å². The van der Waals surface area contributed by atoms with Crippen LogP contribution < -0.4 is 5.32 Å². The average molecular weight is 301 g/mol. The summed E-state index contributed by atoms with van der Waals surface area (Å²) in [6.45, 7) is 0. The molecule has 3 nitrogen and oxygen atoms in total. The lowest BCUT2D eigenvalue weighted by Crippen LogP contribution is -2.08. The lowest BCUT2D eigenvalue weighted by molar-refractivity contribution is 0.209. The number of amides is 1. The minimum atomic E-state index is -1.08. The Labute approximate surface area is 95.7 Å². The van der Waals surface area contributed by atoms with Crippen molar-refractivity contribution in [3.8, 4) is 11.8 Å². The van der Waals surface area contributed by atoms with Gasteiger partial charge in [-0.15, -0.1) is 0 Å². The predicted molar refractivity (Wildman–Crippen MR) is 63.9 cm³/mol. The van der Waals surface area contributed by atoms with Crippen LogP contribution in [0.2, 0.25) is 0 Å². The van der Waals surface area contributed by atoms with E-state index in [1.807, 2.05) is 6.07 Å². The number of halogens is 1. The van der Waals surface area contributed by atoms with Crippen molar-refractivity contribution in [2.45, 2.75) is 0 Å². The first-order valence-corrected chi connectivity index (χ1v) is 5.40. The highest BCUT2D eigenvalue weighted by molar-refractivity contribution is 14.1. The van der Waals surface area contributed by atoms with Gasteiger partial charge in [0.2, 0.25) is 0 Å². The van der Waals surface area contributed by atoms with Crippen molar-refractivity contribution in [3.05, 3.63) is 29.8 Å². The van der Waals surface area contributed by atoms with Crippen molar-refractivity contribution < 1.29 is 9.90 Å². The van der Waals surface area contributed by atoms with Gasteiger partial charge in [-0.2, -0.15) is 0 Å². The highest BCUT2D eigenvalue weighted by Gasteiger charge is 2.01. The van der Waals surface area contributed by atoms with E-state index in [4.69, 9.17) is 5.11 Å². The molecule has 0 spiro atoms. The van der Waals surface area contributed by atoms with Crippen LogP contribution in [0.4, 0.5) is 10.5 Å². The molecule has 0 bridgehead atoms. The van der Waals surface area contributed by atoms with Gasteiger partial charge in [0.05, 0.1) is 10.1 Å². The summed E-state index contributed by atoms with van der Waals surface area (Å²) in [6.07, 6.45) is -1.08. The maximum Gasteiger partial charge on any atom is 0.409 e. The minimum Gasteiger partial charge on any atom is -0.465 e. The Morgan fingerprint density at radius 3 is 2.86 bits per heavy atom. The maximum absolute atomic E-state index is 10.4. The zero-order valence-corrected chi connectivity index (χ0v) is 9.41. The molecule has 0 aliphatic rings. The van der Waals surface area contributed by atoms with Gasteiger partial charge in [0, 0.05) is 5.56 Å². The second-order valence-electron chi connectivity index (χ2n) is 2.41. The molecule has 14 heavy (non-hydrogen) atoms. The van der Waals surface area contributed by atoms with Crippen LogP contribution in [0, 0.1) is 11.8 Å². The molecule has 0 unspecified atom stereocenters. The van der Waals surface area contributed by atoms with Crippen molar-refractivity contribution in [1.82, 2.24) is 0 Å². The number of para-hydroxylation sites is 1. The zero-order chi connectivity index (χ0) is 10.4. The molecular formula is C10H8INO2. The lowest BCUT2D eigenvalue weighted by atomic mass is 10.2. The SMILES string of the molecule is O=C(O)Nc1ccccc1C#CCI. The molecule has 0 fully saturated rings. The molecule has 0 heterocycles. The fourth-order valence-electron chi connectivity index (χ4n) is 0.945. The molecule has 0 atom stereocenters. The summed E-state index contributed by atoms with van der Waals surface area (Å²) in [5, 5.41) is 10.8.